The zero-order chi connectivity index (χ0) is 13.1. The summed E-state index contributed by atoms with van der Waals surface area (Å²) in [4.78, 5) is 3.78. The Labute approximate surface area is 111 Å². The van der Waals surface area contributed by atoms with Crippen molar-refractivity contribution >= 4 is 11.6 Å². The second kappa shape index (κ2) is 5.13. The molecule has 0 radical (unpaired) electrons. The molecule has 1 aromatic carbocycles. The van der Waals surface area contributed by atoms with Gasteiger partial charge in [0.2, 0.25) is 0 Å². The van der Waals surface area contributed by atoms with E-state index in [2.05, 4.69) is 50.1 Å². The van der Waals surface area contributed by atoms with E-state index < -0.39 is 0 Å². The third kappa shape index (κ3) is 2.59. The molecule has 1 aliphatic rings. The molecule has 0 atom stereocenters. The Hall–Kier alpha value is -2.31. The number of hydrogen-bond acceptors (Lipinski definition) is 6. The van der Waals surface area contributed by atoms with Gasteiger partial charge in [0, 0.05) is 18.8 Å². The number of nitrogens with two attached hydrogens (primary N) is 1. The summed E-state index contributed by atoms with van der Waals surface area (Å²) in [5.41, 5.74) is 11.1. The minimum Gasteiger partial charge on any atom is -0.372 e. The lowest BCUT2D eigenvalue weighted by molar-refractivity contribution is 0.693. The molecule has 7 heteroatoms. The minimum absolute atomic E-state index is 0.258. The lowest BCUT2D eigenvalue weighted by Crippen LogP contribution is -2.19. The summed E-state index contributed by atoms with van der Waals surface area (Å²) < 4.78 is 0. The van der Waals surface area contributed by atoms with Gasteiger partial charge in [0.25, 0.3) is 5.95 Å². The van der Waals surface area contributed by atoms with Crippen LogP contribution < -0.4 is 16.1 Å². The van der Waals surface area contributed by atoms with Crippen molar-refractivity contribution < 1.29 is 0 Å². The highest BCUT2D eigenvalue weighted by Gasteiger charge is 2.11. The Bertz CT molecular complexity index is 527. The first-order valence-electron chi connectivity index (χ1n) is 6.44. The maximum absolute atomic E-state index is 5.57. The van der Waals surface area contributed by atoms with Crippen LogP contribution in [0.5, 0.6) is 0 Å². The summed E-state index contributed by atoms with van der Waals surface area (Å²) in [6.45, 7) is 2.97. The number of nitrogens with zero attached hydrogens (tertiary/aromatic N) is 5. The molecule has 1 aliphatic heterocycles. The lowest BCUT2D eigenvalue weighted by Gasteiger charge is -2.17. The molecule has 3 N–H and O–H groups in total. The van der Waals surface area contributed by atoms with Gasteiger partial charge in [0.15, 0.2) is 0 Å². The highest BCUT2D eigenvalue weighted by molar-refractivity contribution is 5.48. The molecule has 0 aliphatic carbocycles. The molecule has 2 heterocycles. The van der Waals surface area contributed by atoms with Gasteiger partial charge < -0.3 is 16.1 Å². The molecule has 19 heavy (non-hydrogen) atoms. The Kier molecular flexibility index (Phi) is 3.18. The third-order valence-corrected chi connectivity index (χ3v) is 3.33. The fourth-order valence-electron chi connectivity index (χ4n) is 2.27. The molecule has 100 valence electrons. The van der Waals surface area contributed by atoms with Gasteiger partial charge in [-0.05, 0) is 41.0 Å². The predicted octanol–water partition coefficient (Wildman–Crippen LogP) is 0.599. The molecule has 7 nitrogen and oxygen atoms in total. The van der Waals surface area contributed by atoms with Crippen molar-refractivity contribution in [1.29, 1.82) is 0 Å². The van der Waals surface area contributed by atoms with Crippen LogP contribution in [0.3, 0.4) is 0 Å². The summed E-state index contributed by atoms with van der Waals surface area (Å²) in [5, 5.41) is 10.8. The topological polar surface area (TPSA) is 84.9 Å². The largest absolute Gasteiger partial charge is 0.372 e. The van der Waals surface area contributed by atoms with Crippen LogP contribution in [0.25, 0.3) is 0 Å². The van der Waals surface area contributed by atoms with Gasteiger partial charge in [-0.2, -0.15) is 0 Å². The van der Waals surface area contributed by atoms with Gasteiger partial charge in [-0.15, -0.1) is 4.79 Å². The van der Waals surface area contributed by atoms with Crippen LogP contribution in [-0.2, 0) is 6.54 Å². The first-order chi connectivity index (χ1) is 9.33. The summed E-state index contributed by atoms with van der Waals surface area (Å²) in [6, 6.07) is 8.54. The van der Waals surface area contributed by atoms with E-state index in [1.807, 2.05) is 0 Å². The van der Waals surface area contributed by atoms with E-state index in [1.165, 1.54) is 36.4 Å². The highest BCUT2D eigenvalue weighted by Crippen LogP contribution is 2.20. The summed E-state index contributed by atoms with van der Waals surface area (Å²) in [5.74, 6) is 0.258. The molecule has 3 rings (SSSR count). The fraction of sp³-hybridized carbons (Fsp3) is 0.417. The van der Waals surface area contributed by atoms with Gasteiger partial charge in [-0.25, -0.2) is 0 Å². The summed E-state index contributed by atoms with van der Waals surface area (Å²) in [6.07, 6.45) is 2.59. The van der Waals surface area contributed by atoms with Crippen molar-refractivity contribution in [2.75, 3.05) is 29.1 Å². The number of aromatic nitrogens is 4. The van der Waals surface area contributed by atoms with Crippen LogP contribution in [-0.4, -0.2) is 33.4 Å². The molecule has 1 fully saturated rings. The Morgan fingerprint density at radius 1 is 1.16 bits per heavy atom. The van der Waals surface area contributed by atoms with Crippen molar-refractivity contribution in [2.45, 2.75) is 19.4 Å². The molecule has 0 saturated carbocycles. The molecule has 1 aromatic heterocycles. The first kappa shape index (κ1) is 11.8. The van der Waals surface area contributed by atoms with Crippen LogP contribution in [0.2, 0.25) is 0 Å². The second-order valence-corrected chi connectivity index (χ2v) is 4.64. The van der Waals surface area contributed by atoms with Crippen molar-refractivity contribution in [3.05, 3.63) is 29.8 Å². The lowest BCUT2D eigenvalue weighted by atomic mass is 10.2. The number of hydrogen-bond donors (Lipinski definition) is 2. The monoisotopic (exact) mass is 259 g/mol. The second-order valence-electron chi connectivity index (χ2n) is 4.64. The zero-order valence-electron chi connectivity index (χ0n) is 10.7. The average molecular weight is 259 g/mol. The van der Waals surface area contributed by atoms with E-state index in [-0.39, 0.29) is 5.95 Å². The maximum atomic E-state index is 5.57. The highest BCUT2D eigenvalue weighted by atomic mass is 15.7. The number of benzene rings is 1. The number of nitrogen functional groups attached to an aromatic ring is 1. The smallest absolute Gasteiger partial charge is 0.260 e. The maximum Gasteiger partial charge on any atom is 0.260 e. The van der Waals surface area contributed by atoms with Crippen LogP contribution in [0.4, 0.5) is 11.6 Å². The van der Waals surface area contributed by atoms with Gasteiger partial charge >= 0.3 is 0 Å². The van der Waals surface area contributed by atoms with E-state index in [4.69, 9.17) is 5.73 Å². The van der Waals surface area contributed by atoms with E-state index in [9.17, 15) is 0 Å². The van der Waals surface area contributed by atoms with Crippen molar-refractivity contribution in [2.24, 2.45) is 0 Å². The molecule has 1 saturated heterocycles. The van der Waals surface area contributed by atoms with E-state index in [0.717, 1.165) is 5.56 Å². The Balaban J connectivity index is 1.61. The SMILES string of the molecule is Nc1nnnn1NCc1ccc(N2CCCC2)cc1. The minimum atomic E-state index is 0.258. The van der Waals surface area contributed by atoms with Crippen LogP contribution in [0, 0.1) is 0 Å². The number of anilines is 2. The number of rotatable bonds is 4. The predicted molar refractivity (Wildman–Crippen MR) is 73.2 cm³/mol. The number of tetrazole rings is 1. The molecule has 2 aromatic rings. The zero-order valence-corrected chi connectivity index (χ0v) is 10.7. The Morgan fingerprint density at radius 2 is 1.89 bits per heavy atom. The molecule has 0 spiro atoms. The van der Waals surface area contributed by atoms with Gasteiger partial charge in [0.05, 0.1) is 6.54 Å². The van der Waals surface area contributed by atoms with Gasteiger partial charge in [0.1, 0.15) is 0 Å². The molecule has 0 unspecified atom stereocenters. The average Bonchev–Trinajstić information content (AvgIpc) is 3.09. The van der Waals surface area contributed by atoms with E-state index >= 15 is 0 Å². The van der Waals surface area contributed by atoms with Gasteiger partial charge in [-0.1, -0.05) is 17.2 Å². The van der Waals surface area contributed by atoms with E-state index in [1.54, 1.807) is 0 Å². The molecular formula is C12H17N7. The standard InChI is InChI=1S/C12H17N7/c13-12-15-16-17-19(12)14-9-10-3-5-11(6-4-10)18-7-1-2-8-18/h3-6,14H,1-2,7-9H2,(H2,13,15,17). The summed E-state index contributed by atoms with van der Waals surface area (Å²) >= 11 is 0. The van der Waals surface area contributed by atoms with E-state index in [0.29, 0.717) is 6.54 Å². The van der Waals surface area contributed by atoms with Crippen LogP contribution in [0.1, 0.15) is 18.4 Å². The summed E-state index contributed by atoms with van der Waals surface area (Å²) in [7, 11) is 0. The van der Waals surface area contributed by atoms with Crippen molar-refractivity contribution in [3.8, 4) is 0 Å². The molecular weight excluding hydrogens is 242 g/mol. The molecule has 0 bridgehead atoms. The fourth-order valence-corrected chi connectivity index (χ4v) is 2.27. The van der Waals surface area contributed by atoms with Crippen molar-refractivity contribution in [1.82, 2.24) is 20.3 Å². The van der Waals surface area contributed by atoms with Gasteiger partial charge in [-0.3, -0.25) is 0 Å². The van der Waals surface area contributed by atoms with Crippen LogP contribution >= 0.6 is 0 Å². The molecule has 0 amide bonds. The first-order valence-corrected chi connectivity index (χ1v) is 6.44. The normalized spacial score (nSPS) is 14.8. The number of nitrogens with one attached hydrogen (secondary N) is 1. The third-order valence-electron chi connectivity index (χ3n) is 3.33. The van der Waals surface area contributed by atoms with Crippen LogP contribution in [0.15, 0.2) is 24.3 Å². The van der Waals surface area contributed by atoms with Crippen molar-refractivity contribution in [3.63, 3.8) is 0 Å². The quantitative estimate of drug-likeness (QED) is 0.836. The Morgan fingerprint density at radius 3 is 2.53 bits per heavy atom.